The number of methoxy groups -OCH3 is 1. The van der Waals surface area contributed by atoms with Crippen LogP contribution in [0.3, 0.4) is 0 Å². The number of carbonyl (C=O) groups excluding carboxylic acids is 3. The lowest BCUT2D eigenvalue weighted by molar-refractivity contribution is -0.137. The highest BCUT2D eigenvalue weighted by Gasteiger charge is 2.10. The van der Waals surface area contributed by atoms with Crippen molar-refractivity contribution in [2.45, 2.75) is 6.42 Å². The molecule has 2 rings (SSSR count). The van der Waals surface area contributed by atoms with E-state index in [1.54, 1.807) is 48.5 Å². The predicted molar refractivity (Wildman–Crippen MR) is 129 cm³/mol. The largest absolute Gasteiger partial charge is 0.497 e. The third kappa shape index (κ3) is 9.43. The van der Waals surface area contributed by atoms with Gasteiger partial charge in [0.15, 0.2) is 0 Å². The van der Waals surface area contributed by atoms with Crippen LogP contribution in [0.1, 0.15) is 27.1 Å². The third-order valence-corrected chi connectivity index (χ3v) is 4.29. The summed E-state index contributed by atoms with van der Waals surface area (Å²) in [4.78, 5) is 35.4. The van der Waals surface area contributed by atoms with Crippen LogP contribution in [0.25, 0.3) is 0 Å². The van der Waals surface area contributed by atoms with Gasteiger partial charge in [0.25, 0.3) is 0 Å². The molecule has 0 heterocycles. The molecule has 0 aliphatic heterocycles. The molecule has 8 heteroatoms. The SMILES string of the molecule is C=CC(=O)OCCCOc1ccc(C(=O)OC(=C)/C=C\C(=C)OC(=O)c2ccc(OC)cc2)cc1. The average Bonchev–Trinajstić information content (AvgIpc) is 2.87. The molecular weight excluding hydrogens is 452 g/mol. The summed E-state index contributed by atoms with van der Waals surface area (Å²) in [5.41, 5.74) is 0.616. The summed E-state index contributed by atoms with van der Waals surface area (Å²) in [5, 5.41) is 0. The molecule has 0 fully saturated rings. The monoisotopic (exact) mass is 478 g/mol. The number of rotatable bonds is 13. The number of esters is 3. The highest BCUT2D eigenvalue weighted by Crippen LogP contribution is 2.16. The zero-order chi connectivity index (χ0) is 25.6. The van der Waals surface area contributed by atoms with Crippen LogP contribution < -0.4 is 9.47 Å². The Balaban J connectivity index is 1.76. The van der Waals surface area contributed by atoms with Crippen molar-refractivity contribution >= 4 is 17.9 Å². The molecule has 8 nitrogen and oxygen atoms in total. The predicted octanol–water partition coefficient (Wildman–Crippen LogP) is 4.79. The van der Waals surface area contributed by atoms with Crippen molar-refractivity contribution in [3.05, 3.63) is 109 Å². The molecule has 35 heavy (non-hydrogen) atoms. The van der Waals surface area contributed by atoms with Crippen LogP contribution in [-0.2, 0) is 19.0 Å². The summed E-state index contributed by atoms with van der Waals surface area (Å²) >= 11 is 0. The Morgan fingerprint density at radius 2 is 1.26 bits per heavy atom. The number of allylic oxidation sites excluding steroid dienone is 2. The van der Waals surface area contributed by atoms with Gasteiger partial charge >= 0.3 is 17.9 Å². The molecule has 0 N–H and O–H groups in total. The Morgan fingerprint density at radius 3 is 1.71 bits per heavy atom. The van der Waals surface area contributed by atoms with Crippen molar-refractivity contribution in [1.82, 2.24) is 0 Å². The van der Waals surface area contributed by atoms with E-state index in [9.17, 15) is 14.4 Å². The molecule has 2 aromatic rings. The van der Waals surface area contributed by atoms with Crippen molar-refractivity contribution in [1.29, 1.82) is 0 Å². The van der Waals surface area contributed by atoms with Gasteiger partial charge in [-0.1, -0.05) is 19.7 Å². The highest BCUT2D eigenvalue weighted by molar-refractivity contribution is 5.91. The van der Waals surface area contributed by atoms with Crippen LogP contribution in [0, 0.1) is 0 Å². The van der Waals surface area contributed by atoms with Gasteiger partial charge in [-0.2, -0.15) is 0 Å². The average molecular weight is 478 g/mol. The van der Waals surface area contributed by atoms with Gasteiger partial charge in [0.1, 0.15) is 23.0 Å². The fourth-order valence-electron chi connectivity index (χ4n) is 2.50. The first kappa shape index (κ1) is 26.7. The fraction of sp³-hybridized carbons (Fsp3) is 0.148. The molecule has 182 valence electrons. The maximum Gasteiger partial charge on any atom is 0.343 e. The van der Waals surface area contributed by atoms with Crippen LogP contribution in [0.5, 0.6) is 11.5 Å². The quantitative estimate of drug-likeness (QED) is 0.101. The van der Waals surface area contributed by atoms with E-state index in [1.165, 1.54) is 19.3 Å². The molecule has 0 saturated heterocycles. The number of carbonyl (C=O) groups is 3. The molecule has 0 saturated carbocycles. The molecule has 0 amide bonds. The van der Waals surface area contributed by atoms with E-state index in [0.29, 0.717) is 30.1 Å². The van der Waals surface area contributed by atoms with Gasteiger partial charge < -0.3 is 23.7 Å². The Labute approximate surface area is 203 Å². The van der Waals surface area contributed by atoms with Gasteiger partial charge in [0, 0.05) is 12.5 Å². The second kappa shape index (κ2) is 13.8. The third-order valence-electron chi connectivity index (χ3n) is 4.29. The normalized spacial score (nSPS) is 10.2. The van der Waals surface area contributed by atoms with Crippen molar-refractivity contribution < 1.29 is 38.1 Å². The van der Waals surface area contributed by atoms with Gasteiger partial charge in [0.2, 0.25) is 0 Å². The number of hydrogen-bond donors (Lipinski definition) is 0. The number of benzene rings is 2. The minimum absolute atomic E-state index is 0.0334. The maximum absolute atomic E-state index is 12.3. The van der Waals surface area contributed by atoms with E-state index < -0.39 is 17.9 Å². The topological polar surface area (TPSA) is 97.4 Å². The molecule has 0 bridgehead atoms. The summed E-state index contributed by atoms with van der Waals surface area (Å²) < 4.78 is 25.7. The molecule has 0 spiro atoms. The van der Waals surface area contributed by atoms with E-state index >= 15 is 0 Å². The zero-order valence-electron chi connectivity index (χ0n) is 19.4. The first-order valence-corrected chi connectivity index (χ1v) is 10.5. The Bertz CT molecular complexity index is 1100. The first-order valence-electron chi connectivity index (χ1n) is 10.5. The van der Waals surface area contributed by atoms with Gasteiger partial charge in [-0.25, -0.2) is 14.4 Å². The minimum atomic E-state index is -0.622. The second-order valence-electron chi connectivity index (χ2n) is 6.87. The summed E-state index contributed by atoms with van der Waals surface area (Å²) in [7, 11) is 1.53. The maximum atomic E-state index is 12.3. The van der Waals surface area contributed by atoms with Crippen molar-refractivity contribution in [2.75, 3.05) is 20.3 Å². The molecule has 0 atom stereocenters. The van der Waals surface area contributed by atoms with E-state index in [4.69, 9.17) is 23.7 Å². The Morgan fingerprint density at radius 1 is 0.771 bits per heavy atom. The smallest absolute Gasteiger partial charge is 0.343 e. The van der Waals surface area contributed by atoms with E-state index in [-0.39, 0.29) is 23.7 Å². The van der Waals surface area contributed by atoms with E-state index in [1.807, 2.05) is 0 Å². The van der Waals surface area contributed by atoms with Crippen LogP contribution >= 0.6 is 0 Å². The van der Waals surface area contributed by atoms with Crippen molar-refractivity contribution in [3.63, 3.8) is 0 Å². The van der Waals surface area contributed by atoms with Crippen molar-refractivity contribution in [2.24, 2.45) is 0 Å². The summed E-state index contributed by atoms with van der Waals surface area (Å²) in [6.07, 6.45) is 4.33. The van der Waals surface area contributed by atoms with Crippen LogP contribution in [0.2, 0.25) is 0 Å². The zero-order valence-corrected chi connectivity index (χ0v) is 19.4. The lowest BCUT2D eigenvalue weighted by Gasteiger charge is -2.08. The van der Waals surface area contributed by atoms with E-state index in [2.05, 4.69) is 19.7 Å². The lowest BCUT2D eigenvalue weighted by Crippen LogP contribution is -2.07. The van der Waals surface area contributed by atoms with Crippen LogP contribution in [0.4, 0.5) is 0 Å². The summed E-state index contributed by atoms with van der Waals surface area (Å²) in [5.74, 6) is -0.457. The standard InChI is InChI=1S/C27H26O8/c1-5-25(28)33-18-6-17-32-24-15-11-22(12-16-24)27(30)35-20(3)8-7-19(2)34-26(29)21-9-13-23(31-4)14-10-21/h5,7-16H,1-3,6,17-18H2,4H3/b8-7-. The van der Waals surface area contributed by atoms with Crippen LogP contribution in [-0.4, -0.2) is 38.2 Å². The summed E-state index contributed by atoms with van der Waals surface area (Å²) in [6.45, 7) is 11.2. The van der Waals surface area contributed by atoms with Gasteiger partial charge in [-0.05, 0) is 60.7 Å². The molecule has 0 radical (unpaired) electrons. The molecule has 0 unspecified atom stereocenters. The lowest BCUT2D eigenvalue weighted by atomic mass is 10.2. The Kier molecular flexibility index (Phi) is 10.5. The number of ether oxygens (including phenoxy) is 5. The Hall–Kier alpha value is -4.59. The second-order valence-corrected chi connectivity index (χ2v) is 6.87. The van der Waals surface area contributed by atoms with Crippen molar-refractivity contribution in [3.8, 4) is 11.5 Å². The van der Waals surface area contributed by atoms with Gasteiger partial charge in [-0.3, -0.25) is 0 Å². The first-order chi connectivity index (χ1) is 16.8. The fourth-order valence-corrected chi connectivity index (χ4v) is 2.50. The molecule has 0 aliphatic rings. The molecule has 0 aromatic heterocycles. The molecule has 0 aliphatic carbocycles. The van der Waals surface area contributed by atoms with E-state index in [0.717, 1.165) is 6.08 Å². The van der Waals surface area contributed by atoms with Gasteiger partial charge in [0.05, 0.1) is 31.5 Å². The number of hydrogen-bond acceptors (Lipinski definition) is 8. The molecule has 2 aromatic carbocycles. The summed E-state index contributed by atoms with van der Waals surface area (Å²) in [6, 6.07) is 12.7. The highest BCUT2D eigenvalue weighted by atomic mass is 16.5. The molecular formula is C27H26O8. The minimum Gasteiger partial charge on any atom is -0.497 e. The van der Waals surface area contributed by atoms with Gasteiger partial charge in [-0.15, -0.1) is 0 Å². The van der Waals surface area contributed by atoms with Crippen LogP contribution in [0.15, 0.2) is 98.0 Å².